The van der Waals surface area contributed by atoms with Gasteiger partial charge in [-0.2, -0.15) is 5.26 Å². The van der Waals surface area contributed by atoms with Crippen molar-refractivity contribution in [2.24, 2.45) is 0 Å². The van der Waals surface area contributed by atoms with Crippen LogP contribution in [0.15, 0.2) is 22.7 Å². The lowest BCUT2D eigenvalue weighted by Gasteiger charge is -2.07. The van der Waals surface area contributed by atoms with Crippen molar-refractivity contribution >= 4 is 21.9 Å². The van der Waals surface area contributed by atoms with Crippen molar-refractivity contribution in [2.45, 2.75) is 19.8 Å². The molecular formula is C12H12BrNO2. The van der Waals surface area contributed by atoms with Gasteiger partial charge in [-0.25, -0.2) is 4.79 Å². The van der Waals surface area contributed by atoms with Gasteiger partial charge in [0.15, 0.2) is 0 Å². The van der Waals surface area contributed by atoms with Crippen LogP contribution >= 0.6 is 15.9 Å². The van der Waals surface area contributed by atoms with Crippen LogP contribution < -0.4 is 0 Å². The van der Waals surface area contributed by atoms with Crippen LogP contribution in [0.3, 0.4) is 0 Å². The van der Waals surface area contributed by atoms with E-state index in [2.05, 4.69) is 22.0 Å². The Labute approximate surface area is 103 Å². The second-order valence-electron chi connectivity index (χ2n) is 3.18. The standard InChI is InChI=1S/C12H12BrNO2/c1-2-16-12(15)11-8-10(13)6-5-9(11)4-3-7-14/h5-6,8H,2-4H2,1H3. The minimum Gasteiger partial charge on any atom is -0.462 e. The van der Waals surface area contributed by atoms with Crippen molar-refractivity contribution < 1.29 is 9.53 Å². The topological polar surface area (TPSA) is 50.1 Å². The Balaban J connectivity index is 2.98. The van der Waals surface area contributed by atoms with Crippen LogP contribution in [0, 0.1) is 11.3 Å². The molecule has 0 fully saturated rings. The average Bonchev–Trinajstić information content (AvgIpc) is 2.27. The number of hydrogen-bond donors (Lipinski definition) is 0. The van der Waals surface area contributed by atoms with Gasteiger partial charge in [0.05, 0.1) is 18.2 Å². The Kier molecular flexibility index (Phi) is 5.00. The Morgan fingerprint density at radius 2 is 2.31 bits per heavy atom. The van der Waals surface area contributed by atoms with E-state index in [0.717, 1.165) is 10.0 Å². The SMILES string of the molecule is CCOC(=O)c1cc(Br)ccc1CCC#N. The van der Waals surface area contributed by atoms with E-state index in [-0.39, 0.29) is 5.97 Å². The lowest BCUT2D eigenvalue weighted by Crippen LogP contribution is -2.08. The zero-order valence-corrected chi connectivity index (χ0v) is 10.6. The van der Waals surface area contributed by atoms with Crippen molar-refractivity contribution in [3.63, 3.8) is 0 Å². The molecule has 0 saturated heterocycles. The molecule has 1 aromatic carbocycles. The molecule has 0 aromatic heterocycles. The molecule has 0 radical (unpaired) electrons. The predicted molar refractivity (Wildman–Crippen MR) is 64.0 cm³/mol. The number of benzene rings is 1. The van der Waals surface area contributed by atoms with E-state index in [4.69, 9.17) is 10.00 Å². The minimum absolute atomic E-state index is 0.336. The molecule has 0 amide bonds. The van der Waals surface area contributed by atoms with Gasteiger partial charge in [0.2, 0.25) is 0 Å². The van der Waals surface area contributed by atoms with Gasteiger partial charge >= 0.3 is 5.97 Å². The summed E-state index contributed by atoms with van der Waals surface area (Å²) in [5.41, 5.74) is 1.38. The fraction of sp³-hybridized carbons (Fsp3) is 0.333. The molecule has 1 aromatic rings. The van der Waals surface area contributed by atoms with Crippen molar-refractivity contribution in [3.8, 4) is 6.07 Å². The first kappa shape index (κ1) is 12.7. The summed E-state index contributed by atoms with van der Waals surface area (Å²) in [4.78, 5) is 11.7. The molecule has 0 aliphatic heterocycles. The van der Waals surface area contributed by atoms with Crippen molar-refractivity contribution in [2.75, 3.05) is 6.61 Å². The highest BCUT2D eigenvalue weighted by Gasteiger charge is 2.12. The van der Waals surface area contributed by atoms with Crippen LogP contribution in [0.4, 0.5) is 0 Å². The highest BCUT2D eigenvalue weighted by atomic mass is 79.9. The molecule has 16 heavy (non-hydrogen) atoms. The maximum Gasteiger partial charge on any atom is 0.338 e. The monoisotopic (exact) mass is 281 g/mol. The van der Waals surface area contributed by atoms with Crippen LogP contribution in [0.1, 0.15) is 29.3 Å². The van der Waals surface area contributed by atoms with Gasteiger partial charge in [0, 0.05) is 10.9 Å². The first-order valence-electron chi connectivity index (χ1n) is 5.01. The molecule has 0 aliphatic rings. The first-order valence-corrected chi connectivity index (χ1v) is 5.80. The summed E-state index contributed by atoms with van der Waals surface area (Å²) in [5.74, 6) is -0.336. The Morgan fingerprint density at radius 3 is 2.94 bits per heavy atom. The quantitative estimate of drug-likeness (QED) is 0.797. The third-order valence-corrected chi connectivity index (χ3v) is 2.57. The summed E-state index contributed by atoms with van der Waals surface area (Å²) < 4.78 is 5.79. The van der Waals surface area contributed by atoms with E-state index in [1.807, 2.05) is 12.1 Å². The highest BCUT2D eigenvalue weighted by Crippen LogP contribution is 2.19. The number of nitrogens with zero attached hydrogens (tertiary/aromatic N) is 1. The second-order valence-corrected chi connectivity index (χ2v) is 4.10. The van der Waals surface area contributed by atoms with Crippen LogP contribution in [-0.4, -0.2) is 12.6 Å². The molecule has 1 rings (SSSR count). The van der Waals surface area contributed by atoms with E-state index >= 15 is 0 Å². The molecule has 0 bridgehead atoms. The van der Waals surface area contributed by atoms with E-state index in [9.17, 15) is 4.79 Å². The molecule has 0 heterocycles. The number of halogens is 1. The molecule has 0 saturated carbocycles. The minimum atomic E-state index is -0.336. The van der Waals surface area contributed by atoms with E-state index in [1.165, 1.54) is 0 Å². The summed E-state index contributed by atoms with van der Waals surface area (Å²) in [6, 6.07) is 7.49. The Bertz CT molecular complexity index is 424. The highest BCUT2D eigenvalue weighted by molar-refractivity contribution is 9.10. The third-order valence-electron chi connectivity index (χ3n) is 2.07. The van der Waals surface area contributed by atoms with Crippen molar-refractivity contribution in [1.29, 1.82) is 5.26 Å². The van der Waals surface area contributed by atoms with E-state index in [1.54, 1.807) is 13.0 Å². The van der Waals surface area contributed by atoms with Gasteiger partial charge in [0.1, 0.15) is 0 Å². The third kappa shape index (κ3) is 3.35. The zero-order chi connectivity index (χ0) is 12.0. The van der Waals surface area contributed by atoms with Crippen molar-refractivity contribution in [3.05, 3.63) is 33.8 Å². The predicted octanol–water partition coefficient (Wildman–Crippen LogP) is 3.08. The van der Waals surface area contributed by atoms with Gasteiger partial charge < -0.3 is 4.74 Å². The molecule has 3 nitrogen and oxygen atoms in total. The van der Waals surface area contributed by atoms with Crippen LogP contribution in [-0.2, 0) is 11.2 Å². The van der Waals surface area contributed by atoms with Gasteiger partial charge in [0.25, 0.3) is 0 Å². The maximum absolute atomic E-state index is 11.7. The van der Waals surface area contributed by atoms with Crippen LogP contribution in [0.5, 0.6) is 0 Å². The van der Waals surface area contributed by atoms with Gasteiger partial charge in [-0.15, -0.1) is 0 Å². The zero-order valence-electron chi connectivity index (χ0n) is 9.00. The fourth-order valence-electron chi connectivity index (χ4n) is 1.36. The lowest BCUT2D eigenvalue weighted by atomic mass is 10.0. The largest absolute Gasteiger partial charge is 0.462 e. The van der Waals surface area contributed by atoms with Crippen LogP contribution in [0.2, 0.25) is 0 Å². The number of rotatable bonds is 4. The Hall–Kier alpha value is -1.34. The molecule has 0 aliphatic carbocycles. The molecule has 0 N–H and O–H groups in total. The number of carbonyl (C=O) groups is 1. The lowest BCUT2D eigenvalue weighted by molar-refractivity contribution is 0.0525. The average molecular weight is 282 g/mol. The summed E-state index contributed by atoms with van der Waals surface area (Å²) in [6.45, 7) is 2.12. The normalized spacial score (nSPS) is 9.56. The number of aryl methyl sites for hydroxylation is 1. The number of esters is 1. The molecular weight excluding hydrogens is 270 g/mol. The molecule has 0 atom stereocenters. The summed E-state index contributed by atoms with van der Waals surface area (Å²) in [7, 11) is 0. The molecule has 0 spiro atoms. The van der Waals surface area contributed by atoms with Gasteiger partial charge in [-0.05, 0) is 31.0 Å². The van der Waals surface area contributed by atoms with E-state index in [0.29, 0.717) is 25.0 Å². The van der Waals surface area contributed by atoms with Gasteiger partial charge in [-0.3, -0.25) is 0 Å². The molecule has 84 valence electrons. The van der Waals surface area contributed by atoms with Crippen LogP contribution in [0.25, 0.3) is 0 Å². The summed E-state index contributed by atoms with van der Waals surface area (Å²) >= 11 is 3.31. The first-order chi connectivity index (χ1) is 7.69. The van der Waals surface area contributed by atoms with Gasteiger partial charge in [-0.1, -0.05) is 22.0 Å². The number of ether oxygens (including phenoxy) is 1. The number of hydrogen-bond acceptors (Lipinski definition) is 3. The molecule has 4 heteroatoms. The summed E-state index contributed by atoms with van der Waals surface area (Å²) in [6.07, 6.45) is 0.964. The summed E-state index contributed by atoms with van der Waals surface area (Å²) in [5, 5.41) is 8.54. The number of nitriles is 1. The second kappa shape index (κ2) is 6.29. The maximum atomic E-state index is 11.7. The van der Waals surface area contributed by atoms with E-state index < -0.39 is 0 Å². The molecule has 0 unspecified atom stereocenters. The van der Waals surface area contributed by atoms with Crippen molar-refractivity contribution in [1.82, 2.24) is 0 Å². The fourth-order valence-corrected chi connectivity index (χ4v) is 1.72. The number of carbonyl (C=O) groups excluding carboxylic acids is 1. The Morgan fingerprint density at radius 1 is 1.56 bits per heavy atom. The smallest absolute Gasteiger partial charge is 0.338 e.